The van der Waals surface area contributed by atoms with Crippen LogP contribution in [0.15, 0.2) is 55.6 Å². The molecule has 1 N–H and O–H groups in total. The fraction of sp³-hybridized carbons (Fsp3) is 0.629. The first-order chi connectivity index (χ1) is 20.8. The Kier molecular flexibility index (Phi) is 11.2. The minimum absolute atomic E-state index is 0.0899. The monoisotopic (exact) mass is 593 g/mol. The van der Waals surface area contributed by atoms with Gasteiger partial charge in [0.2, 0.25) is 17.7 Å². The maximum atomic E-state index is 14.6. The quantitative estimate of drug-likeness (QED) is 0.197. The van der Waals surface area contributed by atoms with Crippen LogP contribution in [-0.4, -0.2) is 87.6 Å². The van der Waals surface area contributed by atoms with Crippen molar-refractivity contribution in [2.45, 2.75) is 95.4 Å². The highest BCUT2D eigenvalue weighted by Crippen LogP contribution is 2.64. The maximum Gasteiger partial charge on any atom is 0.248 e. The molecule has 43 heavy (non-hydrogen) atoms. The van der Waals surface area contributed by atoms with Crippen LogP contribution in [0.3, 0.4) is 0 Å². The lowest BCUT2D eigenvalue weighted by atomic mass is 9.64. The lowest BCUT2D eigenvalue weighted by Gasteiger charge is -2.37. The molecule has 0 radical (unpaired) electrons. The molecule has 3 fully saturated rings. The number of aliphatic hydroxyl groups excluding tert-OH is 1. The number of hydrogen-bond donors (Lipinski definition) is 1. The zero-order chi connectivity index (χ0) is 31.0. The van der Waals surface area contributed by atoms with E-state index in [9.17, 15) is 19.5 Å². The fourth-order valence-corrected chi connectivity index (χ4v) is 7.75. The van der Waals surface area contributed by atoms with Crippen LogP contribution >= 0.6 is 0 Å². The molecule has 3 aliphatic rings. The van der Waals surface area contributed by atoms with Crippen molar-refractivity contribution in [3.63, 3.8) is 0 Å². The Morgan fingerprint density at radius 1 is 1.00 bits per heavy atom. The van der Waals surface area contributed by atoms with Gasteiger partial charge in [0, 0.05) is 39.3 Å². The second-order valence-corrected chi connectivity index (χ2v) is 12.4. The summed E-state index contributed by atoms with van der Waals surface area (Å²) < 4.78 is 7.00. The molecule has 0 aromatic heterocycles. The van der Waals surface area contributed by atoms with E-state index in [1.807, 2.05) is 42.2 Å². The Balaban J connectivity index is 1.73. The van der Waals surface area contributed by atoms with Gasteiger partial charge in [0.25, 0.3) is 0 Å². The van der Waals surface area contributed by atoms with E-state index in [4.69, 9.17) is 4.74 Å². The number of carbonyl (C=O) groups excluding carboxylic acids is 3. The number of ether oxygens (including phenoxy) is 1. The van der Waals surface area contributed by atoms with Gasteiger partial charge in [-0.3, -0.25) is 14.4 Å². The summed E-state index contributed by atoms with van der Waals surface area (Å²) in [6.45, 7) is 14.2. The Morgan fingerprint density at radius 2 is 1.72 bits per heavy atom. The van der Waals surface area contributed by atoms with Crippen molar-refractivity contribution in [3.05, 3.63) is 61.2 Å². The van der Waals surface area contributed by atoms with Gasteiger partial charge in [-0.25, -0.2) is 0 Å². The molecule has 1 aromatic rings. The molecule has 0 saturated carbocycles. The average Bonchev–Trinajstić information content (AvgIpc) is 3.62. The SMILES string of the molecule is C=CCN(CCCCC)C(=O)C1N(CCCCCO)C(=O)[C@@H]2[C@@H](C(=O)N(CC=C)Cc3ccccc3)[C@@]3(CC)CCC12O3. The number of benzene rings is 1. The Labute approximate surface area is 257 Å². The molecule has 5 atom stereocenters. The lowest BCUT2D eigenvalue weighted by molar-refractivity contribution is -0.155. The number of likely N-dealkylation sites (tertiary alicyclic amines) is 1. The van der Waals surface area contributed by atoms with Crippen molar-refractivity contribution >= 4 is 17.7 Å². The van der Waals surface area contributed by atoms with E-state index in [0.29, 0.717) is 64.8 Å². The number of rotatable bonds is 18. The third kappa shape index (κ3) is 6.32. The summed E-state index contributed by atoms with van der Waals surface area (Å²) in [6.07, 6.45) is 10.2. The van der Waals surface area contributed by atoms with E-state index in [-0.39, 0.29) is 24.3 Å². The van der Waals surface area contributed by atoms with Crippen molar-refractivity contribution in [1.82, 2.24) is 14.7 Å². The maximum absolute atomic E-state index is 14.6. The molecule has 236 valence electrons. The molecule has 8 nitrogen and oxygen atoms in total. The average molecular weight is 594 g/mol. The molecule has 1 aromatic carbocycles. The number of nitrogens with zero attached hydrogens (tertiary/aromatic N) is 3. The highest BCUT2D eigenvalue weighted by molar-refractivity contribution is 5.99. The van der Waals surface area contributed by atoms with Gasteiger partial charge in [-0.1, -0.05) is 69.2 Å². The van der Waals surface area contributed by atoms with E-state index < -0.39 is 29.1 Å². The van der Waals surface area contributed by atoms with E-state index in [0.717, 1.165) is 31.2 Å². The second-order valence-electron chi connectivity index (χ2n) is 12.4. The van der Waals surface area contributed by atoms with Crippen molar-refractivity contribution in [2.24, 2.45) is 11.8 Å². The molecule has 0 aliphatic carbocycles. The lowest BCUT2D eigenvalue weighted by Crippen LogP contribution is -2.56. The van der Waals surface area contributed by atoms with Crippen LogP contribution in [0.4, 0.5) is 0 Å². The van der Waals surface area contributed by atoms with Crippen molar-refractivity contribution in [3.8, 4) is 0 Å². The minimum atomic E-state index is -1.04. The van der Waals surface area contributed by atoms with Gasteiger partial charge in [-0.2, -0.15) is 0 Å². The van der Waals surface area contributed by atoms with E-state index in [1.165, 1.54) is 0 Å². The van der Waals surface area contributed by atoms with Gasteiger partial charge in [-0.05, 0) is 50.5 Å². The number of unbranched alkanes of at least 4 members (excludes halogenated alkanes) is 4. The molecular weight excluding hydrogens is 542 g/mol. The number of hydrogen-bond acceptors (Lipinski definition) is 5. The number of fused-ring (bicyclic) bond motifs is 1. The minimum Gasteiger partial charge on any atom is -0.396 e. The fourth-order valence-electron chi connectivity index (χ4n) is 7.75. The van der Waals surface area contributed by atoms with Crippen LogP contribution in [0.1, 0.15) is 77.2 Å². The summed E-state index contributed by atoms with van der Waals surface area (Å²) >= 11 is 0. The Morgan fingerprint density at radius 3 is 2.37 bits per heavy atom. The molecular formula is C35H51N3O5. The topological polar surface area (TPSA) is 90.4 Å². The molecule has 3 heterocycles. The molecule has 2 bridgehead atoms. The van der Waals surface area contributed by atoms with Crippen LogP contribution in [0.2, 0.25) is 0 Å². The van der Waals surface area contributed by atoms with Crippen molar-refractivity contribution < 1.29 is 24.2 Å². The van der Waals surface area contributed by atoms with Gasteiger partial charge in [0.15, 0.2) is 0 Å². The predicted molar refractivity (Wildman–Crippen MR) is 168 cm³/mol. The zero-order valence-electron chi connectivity index (χ0n) is 26.2. The van der Waals surface area contributed by atoms with Gasteiger partial charge < -0.3 is 24.5 Å². The molecule has 3 aliphatic heterocycles. The highest BCUT2D eigenvalue weighted by atomic mass is 16.5. The van der Waals surface area contributed by atoms with Gasteiger partial charge in [0.05, 0.1) is 17.4 Å². The number of amides is 3. The smallest absolute Gasteiger partial charge is 0.248 e. The normalized spacial score (nSPS) is 27.3. The van der Waals surface area contributed by atoms with E-state index >= 15 is 0 Å². The summed E-state index contributed by atoms with van der Waals surface area (Å²) in [5.74, 6) is -1.76. The molecule has 3 saturated heterocycles. The van der Waals surface area contributed by atoms with Crippen LogP contribution in [0, 0.1) is 11.8 Å². The summed E-state index contributed by atoms with van der Waals surface area (Å²) in [7, 11) is 0. The highest BCUT2D eigenvalue weighted by Gasteiger charge is 2.79. The number of aliphatic hydroxyl groups is 1. The standard InChI is InChI=1S/C35H51N3O5/c1-5-9-14-23-36(21-6-2)33(42)30-35-20-19-34(8-4,43-35)28(29(35)32(41)38(30)24-15-11-16-25-39)31(40)37(22-7-3)26-27-17-12-10-13-18-27/h6-7,10,12-13,17-18,28-30,39H,2-3,5,8-9,11,14-16,19-26H2,1,4H3/t28-,29-,30?,34+,35?/m0/s1. The molecule has 1 spiro atoms. The molecule has 4 rings (SSSR count). The predicted octanol–water partition coefficient (Wildman–Crippen LogP) is 4.72. The Hall–Kier alpha value is -2.97. The van der Waals surface area contributed by atoms with Crippen molar-refractivity contribution in [1.29, 1.82) is 0 Å². The summed E-state index contributed by atoms with van der Waals surface area (Å²) in [5.41, 5.74) is -0.829. The first-order valence-corrected chi connectivity index (χ1v) is 16.3. The van der Waals surface area contributed by atoms with Gasteiger partial charge >= 0.3 is 0 Å². The van der Waals surface area contributed by atoms with Crippen LogP contribution in [0.25, 0.3) is 0 Å². The summed E-state index contributed by atoms with van der Waals surface area (Å²) in [6, 6.07) is 9.06. The summed E-state index contributed by atoms with van der Waals surface area (Å²) in [5, 5.41) is 9.33. The Bertz CT molecular complexity index is 1140. The number of carbonyl (C=O) groups is 3. The second kappa shape index (κ2) is 14.7. The first kappa shape index (κ1) is 32.9. The van der Waals surface area contributed by atoms with Crippen LogP contribution in [-0.2, 0) is 25.7 Å². The molecule has 2 unspecified atom stereocenters. The summed E-state index contributed by atoms with van der Waals surface area (Å²) in [4.78, 5) is 48.9. The van der Waals surface area contributed by atoms with Crippen molar-refractivity contribution in [2.75, 3.05) is 32.8 Å². The zero-order valence-corrected chi connectivity index (χ0v) is 26.2. The molecule has 3 amide bonds. The largest absolute Gasteiger partial charge is 0.396 e. The van der Waals surface area contributed by atoms with Crippen LogP contribution < -0.4 is 0 Å². The third-order valence-corrected chi connectivity index (χ3v) is 9.81. The third-order valence-electron chi connectivity index (χ3n) is 9.81. The van der Waals surface area contributed by atoms with Gasteiger partial charge in [-0.15, -0.1) is 13.2 Å². The van der Waals surface area contributed by atoms with Gasteiger partial charge in [0.1, 0.15) is 11.6 Å². The first-order valence-electron chi connectivity index (χ1n) is 16.3. The molecule has 8 heteroatoms. The van der Waals surface area contributed by atoms with E-state index in [2.05, 4.69) is 20.1 Å². The van der Waals surface area contributed by atoms with Crippen LogP contribution in [0.5, 0.6) is 0 Å². The van der Waals surface area contributed by atoms with E-state index in [1.54, 1.807) is 22.0 Å².